The lowest BCUT2D eigenvalue weighted by Crippen LogP contribution is -2.11. The molecule has 0 atom stereocenters. The van der Waals surface area contributed by atoms with Crippen LogP contribution in [0.4, 0.5) is 4.39 Å². The predicted octanol–water partition coefficient (Wildman–Crippen LogP) is 3.30. The molecule has 0 aliphatic heterocycles. The number of halogens is 1. The van der Waals surface area contributed by atoms with E-state index in [9.17, 15) is 9.18 Å². The van der Waals surface area contributed by atoms with Crippen molar-refractivity contribution in [3.63, 3.8) is 0 Å². The molecule has 5 nitrogen and oxygen atoms in total. The second kappa shape index (κ2) is 7.49. The number of benzene rings is 2. The number of hydrogen-bond donors (Lipinski definition) is 1. The van der Waals surface area contributed by atoms with Crippen LogP contribution in [0.3, 0.4) is 0 Å². The van der Waals surface area contributed by atoms with Gasteiger partial charge in [-0.25, -0.2) is 9.18 Å². The predicted molar refractivity (Wildman–Crippen MR) is 82.1 cm³/mol. The molecule has 0 fully saturated rings. The van der Waals surface area contributed by atoms with E-state index in [4.69, 9.17) is 19.3 Å². The number of carboxylic acids is 1. The summed E-state index contributed by atoms with van der Waals surface area (Å²) in [5.41, 5.74) is 0.752. The number of carboxylic acid groups (broad SMARTS) is 1. The fourth-order valence-corrected chi connectivity index (χ4v) is 2.06. The van der Waals surface area contributed by atoms with Crippen molar-refractivity contribution in [3.05, 3.63) is 53.3 Å². The number of methoxy groups -OCH3 is 1. The lowest BCUT2D eigenvalue weighted by Gasteiger charge is -2.14. The van der Waals surface area contributed by atoms with Crippen molar-refractivity contribution in [2.45, 2.75) is 6.92 Å². The lowest BCUT2D eigenvalue weighted by atomic mass is 10.1. The number of para-hydroxylation sites is 1. The SMILES string of the molecule is COc1cc(C(=O)O)cc(C)c1OCCOc1ccccc1F. The van der Waals surface area contributed by atoms with Gasteiger partial charge in [0.15, 0.2) is 23.1 Å². The summed E-state index contributed by atoms with van der Waals surface area (Å²) in [6, 6.07) is 8.99. The number of aryl methyl sites for hydroxylation is 1. The summed E-state index contributed by atoms with van der Waals surface area (Å²) in [7, 11) is 1.43. The topological polar surface area (TPSA) is 65.0 Å². The van der Waals surface area contributed by atoms with Crippen molar-refractivity contribution in [1.29, 1.82) is 0 Å². The number of aromatic carboxylic acids is 1. The zero-order valence-electron chi connectivity index (χ0n) is 12.8. The fourth-order valence-electron chi connectivity index (χ4n) is 2.06. The first kappa shape index (κ1) is 16.6. The maximum atomic E-state index is 13.4. The Bertz CT molecular complexity index is 699. The summed E-state index contributed by atoms with van der Waals surface area (Å²) in [4.78, 5) is 11.0. The van der Waals surface area contributed by atoms with Gasteiger partial charge in [0.25, 0.3) is 0 Å². The van der Waals surface area contributed by atoms with Crippen LogP contribution in [-0.2, 0) is 0 Å². The summed E-state index contributed by atoms with van der Waals surface area (Å²) < 4.78 is 29.5. The second-order valence-corrected chi connectivity index (χ2v) is 4.76. The Morgan fingerprint density at radius 3 is 2.48 bits per heavy atom. The zero-order chi connectivity index (χ0) is 16.8. The van der Waals surface area contributed by atoms with Gasteiger partial charge in [-0.3, -0.25) is 0 Å². The van der Waals surface area contributed by atoms with Crippen molar-refractivity contribution < 1.29 is 28.5 Å². The van der Waals surface area contributed by atoms with Gasteiger partial charge >= 0.3 is 5.97 Å². The largest absolute Gasteiger partial charge is 0.493 e. The van der Waals surface area contributed by atoms with Crippen LogP contribution < -0.4 is 14.2 Å². The van der Waals surface area contributed by atoms with Crippen LogP contribution in [0.5, 0.6) is 17.2 Å². The summed E-state index contributed by atoms with van der Waals surface area (Å²) in [6.07, 6.45) is 0. The highest BCUT2D eigenvalue weighted by Gasteiger charge is 2.14. The quantitative estimate of drug-likeness (QED) is 0.793. The molecule has 0 heterocycles. The van der Waals surface area contributed by atoms with Gasteiger partial charge in [-0.1, -0.05) is 12.1 Å². The monoisotopic (exact) mass is 320 g/mol. The summed E-state index contributed by atoms with van der Waals surface area (Å²) >= 11 is 0. The number of carbonyl (C=O) groups is 1. The van der Waals surface area contributed by atoms with E-state index in [0.29, 0.717) is 17.1 Å². The van der Waals surface area contributed by atoms with Gasteiger partial charge in [0.2, 0.25) is 0 Å². The molecule has 0 bridgehead atoms. The Hall–Kier alpha value is -2.76. The molecule has 2 aromatic carbocycles. The number of hydrogen-bond acceptors (Lipinski definition) is 4. The highest BCUT2D eigenvalue weighted by Crippen LogP contribution is 2.32. The highest BCUT2D eigenvalue weighted by molar-refractivity contribution is 5.89. The Labute approximate surface area is 133 Å². The average Bonchev–Trinajstić information content (AvgIpc) is 2.53. The molecule has 1 N–H and O–H groups in total. The Morgan fingerprint density at radius 1 is 1.13 bits per heavy atom. The third-order valence-electron chi connectivity index (χ3n) is 3.13. The molecule has 0 saturated carbocycles. The molecule has 0 unspecified atom stereocenters. The molecular weight excluding hydrogens is 303 g/mol. The first-order valence-corrected chi connectivity index (χ1v) is 6.95. The van der Waals surface area contributed by atoms with E-state index >= 15 is 0 Å². The normalized spacial score (nSPS) is 10.2. The van der Waals surface area contributed by atoms with Crippen LogP contribution in [0.1, 0.15) is 15.9 Å². The smallest absolute Gasteiger partial charge is 0.335 e. The molecule has 0 aromatic heterocycles. The molecule has 2 aromatic rings. The molecule has 0 amide bonds. The molecule has 0 spiro atoms. The van der Waals surface area contributed by atoms with Gasteiger partial charge in [-0.05, 0) is 36.8 Å². The fraction of sp³-hybridized carbons (Fsp3) is 0.235. The van der Waals surface area contributed by atoms with Crippen LogP contribution in [0, 0.1) is 12.7 Å². The summed E-state index contributed by atoms with van der Waals surface area (Å²) in [5.74, 6) is -0.558. The van der Waals surface area contributed by atoms with E-state index in [2.05, 4.69) is 0 Å². The Morgan fingerprint density at radius 2 is 1.83 bits per heavy atom. The van der Waals surface area contributed by atoms with Crippen LogP contribution in [0.25, 0.3) is 0 Å². The first-order valence-electron chi connectivity index (χ1n) is 6.95. The molecule has 122 valence electrons. The van der Waals surface area contributed by atoms with Crippen molar-refractivity contribution >= 4 is 5.97 Å². The molecule has 0 radical (unpaired) electrons. The van der Waals surface area contributed by atoms with Gasteiger partial charge in [-0.2, -0.15) is 0 Å². The summed E-state index contributed by atoms with van der Waals surface area (Å²) in [5, 5.41) is 9.03. The van der Waals surface area contributed by atoms with Gasteiger partial charge < -0.3 is 19.3 Å². The molecular formula is C17H17FO5. The van der Waals surface area contributed by atoms with Gasteiger partial charge in [-0.15, -0.1) is 0 Å². The van der Waals surface area contributed by atoms with Gasteiger partial charge in [0.05, 0.1) is 12.7 Å². The van der Waals surface area contributed by atoms with Crippen LogP contribution >= 0.6 is 0 Å². The molecule has 2 rings (SSSR count). The molecule has 0 saturated heterocycles. The second-order valence-electron chi connectivity index (χ2n) is 4.76. The molecule has 23 heavy (non-hydrogen) atoms. The van der Waals surface area contributed by atoms with Gasteiger partial charge in [0.1, 0.15) is 13.2 Å². The van der Waals surface area contributed by atoms with E-state index in [-0.39, 0.29) is 24.5 Å². The maximum absolute atomic E-state index is 13.4. The molecule has 0 aliphatic carbocycles. The molecule has 6 heteroatoms. The Balaban J connectivity index is 2.00. The van der Waals surface area contributed by atoms with Crippen molar-refractivity contribution in [2.75, 3.05) is 20.3 Å². The van der Waals surface area contributed by atoms with E-state index in [1.165, 1.54) is 31.4 Å². The lowest BCUT2D eigenvalue weighted by molar-refractivity contribution is 0.0696. The van der Waals surface area contributed by atoms with Crippen LogP contribution in [0.15, 0.2) is 36.4 Å². The number of rotatable bonds is 7. The first-order chi connectivity index (χ1) is 11.0. The van der Waals surface area contributed by atoms with E-state index in [0.717, 1.165) is 0 Å². The van der Waals surface area contributed by atoms with E-state index in [1.807, 2.05) is 0 Å². The highest BCUT2D eigenvalue weighted by atomic mass is 19.1. The summed E-state index contributed by atoms with van der Waals surface area (Å²) in [6.45, 7) is 2.03. The maximum Gasteiger partial charge on any atom is 0.335 e. The average molecular weight is 320 g/mol. The van der Waals surface area contributed by atoms with E-state index < -0.39 is 11.8 Å². The van der Waals surface area contributed by atoms with Crippen LogP contribution in [-0.4, -0.2) is 31.4 Å². The third kappa shape index (κ3) is 4.12. The standard InChI is InChI=1S/C17H17FO5/c1-11-9-12(17(19)20)10-15(21-2)16(11)23-8-7-22-14-6-4-3-5-13(14)18/h3-6,9-10H,7-8H2,1-2H3,(H,19,20). The van der Waals surface area contributed by atoms with Crippen molar-refractivity contribution in [1.82, 2.24) is 0 Å². The number of ether oxygens (including phenoxy) is 3. The minimum Gasteiger partial charge on any atom is -0.493 e. The Kier molecular flexibility index (Phi) is 5.41. The van der Waals surface area contributed by atoms with Crippen molar-refractivity contribution in [3.8, 4) is 17.2 Å². The van der Waals surface area contributed by atoms with Crippen molar-refractivity contribution in [2.24, 2.45) is 0 Å². The minimum absolute atomic E-state index is 0.120. The van der Waals surface area contributed by atoms with Crippen LogP contribution in [0.2, 0.25) is 0 Å². The molecule has 0 aliphatic rings. The zero-order valence-corrected chi connectivity index (χ0v) is 12.8. The third-order valence-corrected chi connectivity index (χ3v) is 3.13. The van der Waals surface area contributed by atoms with Gasteiger partial charge in [0, 0.05) is 0 Å². The minimum atomic E-state index is -1.04. The van der Waals surface area contributed by atoms with E-state index in [1.54, 1.807) is 19.1 Å².